The monoisotopic (exact) mass is 370 g/mol. The van der Waals surface area contributed by atoms with Crippen molar-refractivity contribution in [2.24, 2.45) is 0 Å². The first-order valence-corrected chi connectivity index (χ1v) is 8.54. The summed E-state index contributed by atoms with van der Waals surface area (Å²) in [5.41, 5.74) is 1.42. The van der Waals surface area contributed by atoms with Crippen molar-refractivity contribution < 1.29 is 13.8 Å². The van der Waals surface area contributed by atoms with E-state index in [2.05, 4.69) is 15.0 Å². The standard InChI is InChI=1S/C19H22N4O4/c1-18(2,3)14-9-26-16(21-14)12-7-11(23(24)25)8-13(20-12)17-22-15(10-27-17)19(4,5)6/h7-10H,1-6H3. The zero-order valence-electron chi connectivity index (χ0n) is 16.2. The van der Waals surface area contributed by atoms with E-state index in [1.165, 1.54) is 12.1 Å². The predicted molar refractivity (Wildman–Crippen MR) is 99.3 cm³/mol. The van der Waals surface area contributed by atoms with Crippen LogP contribution < -0.4 is 0 Å². The average molecular weight is 370 g/mol. The molecule has 3 rings (SSSR count). The molecule has 0 saturated heterocycles. The number of hydrogen-bond acceptors (Lipinski definition) is 7. The summed E-state index contributed by atoms with van der Waals surface area (Å²) in [6.07, 6.45) is 3.08. The minimum absolute atomic E-state index is 0.138. The van der Waals surface area contributed by atoms with Gasteiger partial charge in [0.25, 0.3) is 5.69 Å². The Hall–Kier alpha value is -3.03. The lowest BCUT2D eigenvalue weighted by Gasteiger charge is -2.13. The first-order chi connectivity index (χ1) is 12.4. The van der Waals surface area contributed by atoms with Gasteiger partial charge in [-0.2, -0.15) is 0 Å². The van der Waals surface area contributed by atoms with E-state index in [-0.39, 0.29) is 39.7 Å². The molecule has 0 amide bonds. The molecule has 27 heavy (non-hydrogen) atoms. The largest absolute Gasteiger partial charge is 0.443 e. The van der Waals surface area contributed by atoms with Crippen molar-refractivity contribution in [1.82, 2.24) is 15.0 Å². The summed E-state index contributed by atoms with van der Waals surface area (Å²) >= 11 is 0. The molecule has 0 aliphatic heterocycles. The zero-order chi connectivity index (χ0) is 20.0. The van der Waals surface area contributed by atoms with Crippen LogP contribution in [0.1, 0.15) is 52.9 Å². The van der Waals surface area contributed by atoms with Crippen LogP contribution in [0.2, 0.25) is 0 Å². The Kier molecular flexibility index (Phi) is 4.37. The van der Waals surface area contributed by atoms with Crippen molar-refractivity contribution in [3.05, 3.63) is 46.2 Å². The normalized spacial score (nSPS) is 12.4. The van der Waals surface area contributed by atoms with Gasteiger partial charge in [-0.3, -0.25) is 10.1 Å². The number of pyridine rings is 1. The van der Waals surface area contributed by atoms with Crippen LogP contribution in [-0.2, 0) is 10.8 Å². The van der Waals surface area contributed by atoms with Crippen LogP contribution >= 0.6 is 0 Å². The Labute approximate surface area is 156 Å². The molecule has 3 aromatic rings. The zero-order valence-corrected chi connectivity index (χ0v) is 16.2. The summed E-state index contributed by atoms with van der Waals surface area (Å²) in [5, 5.41) is 11.4. The van der Waals surface area contributed by atoms with Crippen LogP contribution in [-0.4, -0.2) is 19.9 Å². The van der Waals surface area contributed by atoms with Crippen LogP contribution in [0.4, 0.5) is 5.69 Å². The molecule has 0 radical (unpaired) electrons. The minimum Gasteiger partial charge on any atom is -0.443 e. The maximum absolute atomic E-state index is 11.4. The van der Waals surface area contributed by atoms with Gasteiger partial charge in [0.2, 0.25) is 11.8 Å². The molecule has 0 aromatic carbocycles. The summed E-state index contributed by atoms with van der Waals surface area (Å²) in [6, 6.07) is 2.66. The Morgan fingerprint density at radius 3 is 1.52 bits per heavy atom. The number of nitrogens with zero attached hydrogens (tertiary/aromatic N) is 4. The van der Waals surface area contributed by atoms with E-state index in [1.807, 2.05) is 41.5 Å². The number of oxazole rings is 2. The molecule has 0 spiro atoms. The highest BCUT2D eigenvalue weighted by Gasteiger charge is 2.24. The highest BCUT2D eigenvalue weighted by atomic mass is 16.6. The van der Waals surface area contributed by atoms with Crippen molar-refractivity contribution in [1.29, 1.82) is 0 Å². The lowest BCUT2D eigenvalue weighted by molar-refractivity contribution is -0.384. The number of hydrogen-bond donors (Lipinski definition) is 0. The second kappa shape index (κ2) is 6.29. The maximum Gasteiger partial charge on any atom is 0.274 e. The van der Waals surface area contributed by atoms with Crippen molar-refractivity contribution in [3.8, 4) is 23.2 Å². The fourth-order valence-corrected chi connectivity index (χ4v) is 2.31. The molecule has 0 saturated carbocycles. The van der Waals surface area contributed by atoms with Crippen molar-refractivity contribution in [2.45, 2.75) is 52.4 Å². The quantitative estimate of drug-likeness (QED) is 0.477. The minimum atomic E-state index is -0.490. The van der Waals surface area contributed by atoms with E-state index in [1.54, 1.807) is 12.5 Å². The molecular weight excluding hydrogens is 348 g/mol. The lowest BCUT2D eigenvalue weighted by atomic mass is 9.93. The van der Waals surface area contributed by atoms with Gasteiger partial charge in [-0.15, -0.1) is 0 Å². The SMILES string of the molecule is CC(C)(C)c1coc(-c2cc([N+](=O)[O-])cc(-c3nc(C(C)(C)C)co3)n2)n1. The maximum atomic E-state index is 11.4. The van der Waals surface area contributed by atoms with E-state index in [0.29, 0.717) is 0 Å². The molecule has 0 aliphatic rings. The Bertz CT molecular complexity index is 919. The van der Waals surface area contributed by atoms with E-state index in [9.17, 15) is 10.1 Å². The molecule has 8 nitrogen and oxygen atoms in total. The second-order valence-corrected chi connectivity index (χ2v) is 8.43. The van der Waals surface area contributed by atoms with Gasteiger partial charge >= 0.3 is 0 Å². The van der Waals surface area contributed by atoms with Crippen LogP contribution in [0.25, 0.3) is 23.2 Å². The molecule has 0 atom stereocenters. The summed E-state index contributed by atoms with van der Waals surface area (Å²) < 4.78 is 11.0. The average Bonchev–Trinajstić information content (AvgIpc) is 3.23. The lowest BCUT2D eigenvalue weighted by Crippen LogP contribution is -2.11. The number of nitro groups is 1. The predicted octanol–water partition coefficient (Wildman–Crippen LogP) is 4.89. The molecule has 8 heteroatoms. The van der Waals surface area contributed by atoms with E-state index < -0.39 is 4.92 Å². The molecular formula is C19H22N4O4. The second-order valence-electron chi connectivity index (χ2n) is 8.43. The fourth-order valence-electron chi connectivity index (χ4n) is 2.31. The Morgan fingerprint density at radius 2 is 1.22 bits per heavy atom. The smallest absolute Gasteiger partial charge is 0.274 e. The summed E-state index contributed by atoms with van der Waals surface area (Å²) in [7, 11) is 0. The van der Waals surface area contributed by atoms with E-state index in [4.69, 9.17) is 8.83 Å². The van der Waals surface area contributed by atoms with Crippen molar-refractivity contribution in [2.75, 3.05) is 0 Å². The van der Waals surface area contributed by atoms with Gasteiger partial charge in [0, 0.05) is 23.0 Å². The van der Waals surface area contributed by atoms with Gasteiger partial charge in [0.05, 0.1) is 16.3 Å². The highest BCUT2D eigenvalue weighted by Crippen LogP contribution is 2.31. The summed E-state index contributed by atoms with van der Waals surface area (Å²) in [6.45, 7) is 12.0. The third-order valence-electron chi connectivity index (χ3n) is 4.00. The Morgan fingerprint density at radius 1 is 0.815 bits per heavy atom. The molecule has 3 aromatic heterocycles. The van der Waals surface area contributed by atoms with Crippen LogP contribution in [0, 0.1) is 10.1 Å². The number of aromatic nitrogens is 3. The third-order valence-corrected chi connectivity index (χ3v) is 4.00. The molecule has 0 fully saturated rings. The van der Waals surface area contributed by atoms with Gasteiger partial charge in [0.1, 0.15) is 23.9 Å². The number of rotatable bonds is 3. The molecule has 0 aliphatic carbocycles. The fraction of sp³-hybridized carbons (Fsp3) is 0.421. The molecule has 0 N–H and O–H groups in total. The molecule has 3 heterocycles. The van der Waals surface area contributed by atoms with Gasteiger partial charge < -0.3 is 8.83 Å². The van der Waals surface area contributed by atoms with Gasteiger partial charge in [0.15, 0.2) is 0 Å². The third kappa shape index (κ3) is 3.89. The van der Waals surface area contributed by atoms with Gasteiger partial charge in [-0.25, -0.2) is 15.0 Å². The first-order valence-electron chi connectivity index (χ1n) is 8.54. The van der Waals surface area contributed by atoms with Crippen LogP contribution in [0.15, 0.2) is 33.5 Å². The van der Waals surface area contributed by atoms with E-state index in [0.717, 1.165) is 11.4 Å². The summed E-state index contributed by atoms with van der Waals surface area (Å²) in [5.74, 6) is 0.431. The highest BCUT2D eigenvalue weighted by molar-refractivity contribution is 5.61. The van der Waals surface area contributed by atoms with Gasteiger partial charge in [-0.05, 0) is 0 Å². The van der Waals surface area contributed by atoms with Crippen LogP contribution in [0.3, 0.4) is 0 Å². The molecule has 142 valence electrons. The Balaban J connectivity index is 2.10. The van der Waals surface area contributed by atoms with E-state index >= 15 is 0 Å². The van der Waals surface area contributed by atoms with Crippen molar-refractivity contribution in [3.63, 3.8) is 0 Å². The van der Waals surface area contributed by atoms with Crippen molar-refractivity contribution >= 4 is 5.69 Å². The molecule has 0 unspecified atom stereocenters. The van der Waals surface area contributed by atoms with Crippen LogP contribution in [0.5, 0.6) is 0 Å². The van der Waals surface area contributed by atoms with Gasteiger partial charge in [-0.1, -0.05) is 41.5 Å². The topological polar surface area (TPSA) is 108 Å². The molecule has 0 bridgehead atoms. The first kappa shape index (κ1) is 18.8. The summed E-state index contributed by atoms with van der Waals surface area (Å²) in [4.78, 5) is 24.2.